The van der Waals surface area contributed by atoms with Gasteiger partial charge in [0.25, 0.3) is 0 Å². The van der Waals surface area contributed by atoms with Gasteiger partial charge in [-0.15, -0.1) is 0 Å². The van der Waals surface area contributed by atoms with Crippen molar-refractivity contribution in [2.75, 3.05) is 32.0 Å². The Morgan fingerprint density at radius 3 is 2.65 bits per heavy atom. The minimum Gasteiger partial charge on any atom is -0.336 e. The molecule has 1 aromatic rings. The highest BCUT2D eigenvalue weighted by molar-refractivity contribution is 5.94. The van der Waals surface area contributed by atoms with Crippen molar-refractivity contribution in [1.82, 2.24) is 10.2 Å². The standard InChI is InChI=1S/C15H21N3O2/c1-11-3-5-13(6-4-11)17-14(19)10-18(2)15(20)12-7-8-16-9-12/h3-6,12,16H,7-10H2,1-2H3,(H,17,19). The van der Waals surface area contributed by atoms with Crippen molar-refractivity contribution >= 4 is 17.5 Å². The largest absolute Gasteiger partial charge is 0.336 e. The number of carbonyl (C=O) groups is 2. The second kappa shape index (κ2) is 6.52. The zero-order chi connectivity index (χ0) is 14.5. The van der Waals surface area contributed by atoms with Gasteiger partial charge >= 0.3 is 0 Å². The number of benzene rings is 1. The molecule has 2 N–H and O–H groups in total. The molecule has 5 nitrogen and oxygen atoms in total. The van der Waals surface area contributed by atoms with Crippen molar-refractivity contribution in [2.24, 2.45) is 5.92 Å². The number of nitrogens with zero attached hydrogens (tertiary/aromatic N) is 1. The molecule has 0 aromatic heterocycles. The molecule has 0 saturated carbocycles. The molecule has 1 aromatic carbocycles. The van der Waals surface area contributed by atoms with E-state index in [-0.39, 0.29) is 24.3 Å². The molecule has 2 amide bonds. The molecule has 108 valence electrons. The van der Waals surface area contributed by atoms with Gasteiger partial charge < -0.3 is 15.5 Å². The van der Waals surface area contributed by atoms with Gasteiger partial charge in [-0.05, 0) is 32.0 Å². The minimum absolute atomic E-state index is 0.00664. The Labute approximate surface area is 119 Å². The number of rotatable bonds is 4. The molecule has 20 heavy (non-hydrogen) atoms. The number of hydrogen-bond acceptors (Lipinski definition) is 3. The van der Waals surface area contributed by atoms with Crippen LogP contribution < -0.4 is 10.6 Å². The minimum atomic E-state index is -0.171. The van der Waals surface area contributed by atoms with E-state index in [0.29, 0.717) is 6.54 Å². The lowest BCUT2D eigenvalue weighted by Gasteiger charge is -2.20. The summed E-state index contributed by atoms with van der Waals surface area (Å²) in [6.45, 7) is 3.67. The first-order valence-corrected chi connectivity index (χ1v) is 6.88. The van der Waals surface area contributed by atoms with Gasteiger partial charge in [0.15, 0.2) is 0 Å². The number of likely N-dealkylation sites (N-methyl/N-ethyl adjacent to an activating group) is 1. The SMILES string of the molecule is Cc1ccc(NC(=O)CN(C)C(=O)C2CCNC2)cc1. The van der Waals surface area contributed by atoms with E-state index in [1.54, 1.807) is 7.05 Å². The lowest BCUT2D eigenvalue weighted by molar-refractivity contribution is -0.136. The number of nitrogens with one attached hydrogen (secondary N) is 2. The summed E-state index contributed by atoms with van der Waals surface area (Å²) in [6, 6.07) is 7.59. The predicted molar refractivity (Wildman–Crippen MR) is 78.4 cm³/mol. The Kier molecular flexibility index (Phi) is 4.74. The van der Waals surface area contributed by atoms with Crippen molar-refractivity contribution in [3.8, 4) is 0 Å². The van der Waals surface area contributed by atoms with E-state index in [0.717, 1.165) is 24.2 Å². The first-order valence-electron chi connectivity index (χ1n) is 6.88. The number of aryl methyl sites for hydroxylation is 1. The lowest BCUT2D eigenvalue weighted by atomic mass is 10.1. The van der Waals surface area contributed by atoms with Crippen LogP contribution in [-0.4, -0.2) is 43.4 Å². The van der Waals surface area contributed by atoms with Crippen LogP contribution in [0.25, 0.3) is 0 Å². The summed E-state index contributed by atoms with van der Waals surface area (Å²) in [5.41, 5.74) is 1.90. The van der Waals surface area contributed by atoms with Crippen LogP contribution in [0.2, 0.25) is 0 Å². The quantitative estimate of drug-likeness (QED) is 0.862. The maximum absolute atomic E-state index is 12.1. The Balaban J connectivity index is 1.84. The van der Waals surface area contributed by atoms with Crippen LogP contribution in [0.15, 0.2) is 24.3 Å². The summed E-state index contributed by atoms with van der Waals surface area (Å²) in [5.74, 6) is -0.128. The summed E-state index contributed by atoms with van der Waals surface area (Å²) < 4.78 is 0. The van der Waals surface area contributed by atoms with Gasteiger partial charge in [0.2, 0.25) is 11.8 Å². The van der Waals surface area contributed by atoms with E-state index >= 15 is 0 Å². The van der Waals surface area contributed by atoms with Crippen LogP contribution in [-0.2, 0) is 9.59 Å². The summed E-state index contributed by atoms with van der Waals surface area (Å²) >= 11 is 0. The van der Waals surface area contributed by atoms with Gasteiger partial charge in [-0.1, -0.05) is 17.7 Å². The third-order valence-corrected chi connectivity index (χ3v) is 3.50. The highest BCUT2D eigenvalue weighted by Gasteiger charge is 2.26. The molecule has 0 radical (unpaired) electrons. The van der Waals surface area contributed by atoms with E-state index in [1.807, 2.05) is 31.2 Å². The average Bonchev–Trinajstić information content (AvgIpc) is 2.94. The molecule has 5 heteroatoms. The van der Waals surface area contributed by atoms with Crippen molar-refractivity contribution < 1.29 is 9.59 Å². The lowest BCUT2D eigenvalue weighted by Crippen LogP contribution is -2.39. The van der Waals surface area contributed by atoms with Crippen LogP contribution in [0, 0.1) is 12.8 Å². The highest BCUT2D eigenvalue weighted by atomic mass is 16.2. The zero-order valence-corrected chi connectivity index (χ0v) is 12.0. The summed E-state index contributed by atoms with van der Waals surface area (Å²) in [7, 11) is 1.68. The van der Waals surface area contributed by atoms with Crippen LogP contribution in [0.3, 0.4) is 0 Å². The number of carbonyl (C=O) groups excluding carboxylic acids is 2. The zero-order valence-electron chi connectivity index (χ0n) is 12.0. The van der Waals surface area contributed by atoms with Crippen molar-refractivity contribution in [3.05, 3.63) is 29.8 Å². The molecule has 1 atom stereocenters. The van der Waals surface area contributed by atoms with Crippen molar-refractivity contribution in [2.45, 2.75) is 13.3 Å². The van der Waals surface area contributed by atoms with Gasteiger partial charge in [0.05, 0.1) is 12.5 Å². The molecular weight excluding hydrogens is 254 g/mol. The van der Waals surface area contributed by atoms with Gasteiger partial charge in [0, 0.05) is 19.3 Å². The maximum Gasteiger partial charge on any atom is 0.243 e. The Morgan fingerprint density at radius 1 is 1.35 bits per heavy atom. The van der Waals surface area contributed by atoms with Gasteiger partial charge in [0.1, 0.15) is 0 Å². The van der Waals surface area contributed by atoms with Crippen LogP contribution in [0.4, 0.5) is 5.69 Å². The fourth-order valence-electron chi connectivity index (χ4n) is 2.31. The maximum atomic E-state index is 12.1. The molecule has 2 rings (SSSR count). The molecule has 0 aliphatic carbocycles. The van der Waals surface area contributed by atoms with Crippen molar-refractivity contribution in [1.29, 1.82) is 0 Å². The monoisotopic (exact) mass is 275 g/mol. The summed E-state index contributed by atoms with van der Waals surface area (Å²) in [5, 5.41) is 5.96. The van der Waals surface area contributed by atoms with E-state index in [9.17, 15) is 9.59 Å². The molecule has 1 unspecified atom stereocenters. The molecule has 1 aliphatic rings. The van der Waals surface area contributed by atoms with Gasteiger partial charge in [-0.25, -0.2) is 0 Å². The normalized spacial score (nSPS) is 17.8. The summed E-state index contributed by atoms with van der Waals surface area (Å²) in [6.07, 6.45) is 0.850. The Bertz CT molecular complexity index is 478. The van der Waals surface area contributed by atoms with Crippen molar-refractivity contribution in [3.63, 3.8) is 0 Å². The average molecular weight is 275 g/mol. The number of anilines is 1. The topological polar surface area (TPSA) is 61.4 Å². The smallest absolute Gasteiger partial charge is 0.243 e. The molecule has 1 aliphatic heterocycles. The Morgan fingerprint density at radius 2 is 2.05 bits per heavy atom. The third kappa shape index (κ3) is 3.81. The fourth-order valence-corrected chi connectivity index (χ4v) is 2.31. The van der Waals surface area contributed by atoms with Gasteiger partial charge in [-0.3, -0.25) is 9.59 Å². The van der Waals surface area contributed by atoms with Crippen LogP contribution in [0.1, 0.15) is 12.0 Å². The molecule has 0 bridgehead atoms. The van der Waals surface area contributed by atoms with Crippen LogP contribution >= 0.6 is 0 Å². The van der Waals surface area contributed by atoms with E-state index < -0.39 is 0 Å². The van der Waals surface area contributed by atoms with E-state index in [4.69, 9.17) is 0 Å². The summed E-state index contributed by atoms with van der Waals surface area (Å²) in [4.78, 5) is 25.5. The van der Waals surface area contributed by atoms with Gasteiger partial charge in [-0.2, -0.15) is 0 Å². The molecule has 1 fully saturated rings. The fraction of sp³-hybridized carbons (Fsp3) is 0.467. The third-order valence-electron chi connectivity index (χ3n) is 3.50. The van der Waals surface area contributed by atoms with E-state index in [1.165, 1.54) is 4.90 Å². The first-order chi connectivity index (χ1) is 9.56. The highest BCUT2D eigenvalue weighted by Crippen LogP contribution is 2.11. The van der Waals surface area contributed by atoms with E-state index in [2.05, 4.69) is 10.6 Å². The number of amides is 2. The first kappa shape index (κ1) is 14.5. The molecular formula is C15H21N3O2. The number of hydrogen-bond donors (Lipinski definition) is 2. The molecule has 1 heterocycles. The molecule has 0 spiro atoms. The Hall–Kier alpha value is -1.88. The molecule has 1 saturated heterocycles. The second-order valence-electron chi connectivity index (χ2n) is 5.30. The second-order valence-corrected chi connectivity index (χ2v) is 5.30. The van der Waals surface area contributed by atoms with Crippen LogP contribution in [0.5, 0.6) is 0 Å². The predicted octanol–water partition coefficient (Wildman–Crippen LogP) is 1.00.